The van der Waals surface area contributed by atoms with Crippen LogP contribution in [-0.2, 0) is 15.1 Å². The molecule has 240 valence electrons. The third-order valence-corrected chi connectivity index (χ3v) is 11.7. The van der Waals surface area contributed by atoms with Gasteiger partial charge in [-0.05, 0) is 99.3 Å². The first-order valence-electron chi connectivity index (χ1n) is 16.0. The maximum Gasteiger partial charge on any atom is 0.263 e. The minimum absolute atomic E-state index is 0.0244. The van der Waals surface area contributed by atoms with Gasteiger partial charge in [0.2, 0.25) is 5.91 Å². The summed E-state index contributed by atoms with van der Waals surface area (Å²) in [5.74, 6) is 0.0463. The molecule has 2 saturated heterocycles. The highest BCUT2D eigenvalue weighted by Crippen LogP contribution is 2.56. The second-order valence-corrected chi connectivity index (χ2v) is 15.2. The predicted octanol–water partition coefficient (Wildman–Crippen LogP) is 7.17. The molecule has 0 aliphatic carbocycles. The molecule has 0 bridgehead atoms. The Labute approximate surface area is 281 Å². The molecular formula is C35H43Cl2N5O2S. The lowest BCUT2D eigenvalue weighted by Crippen LogP contribution is -2.52. The number of rotatable bonds is 7. The van der Waals surface area contributed by atoms with Crippen LogP contribution in [0.25, 0.3) is 0 Å². The van der Waals surface area contributed by atoms with E-state index < -0.39 is 11.6 Å². The number of thioether (sulfide) groups is 1. The molecule has 7 nitrogen and oxygen atoms in total. The number of allylic oxidation sites excluding steroid dienone is 1. The number of hydrogen-bond acceptors (Lipinski definition) is 6. The van der Waals surface area contributed by atoms with Crippen LogP contribution in [0.3, 0.4) is 0 Å². The van der Waals surface area contributed by atoms with Crippen LogP contribution < -0.4 is 0 Å². The molecule has 2 amide bonds. The summed E-state index contributed by atoms with van der Waals surface area (Å²) in [7, 11) is 4.01. The Morgan fingerprint density at radius 1 is 1.04 bits per heavy atom. The summed E-state index contributed by atoms with van der Waals surface area (Å²) < 4.78 is 0. The number of benzene rings is 2. The van der Waals surface area contributed by atoms with Gasteiger partial charge in [-0.3, -0.25) is 9.59 Å². The third kappa shape index (κ3) is 5.70. The standard InChI is InChI=1S/C35H43Cl2N5O2S/c1-7-26-16-17-28(32(43)40(6)27-18-19-39(5)20-27)41(26)33(44)30-29(21(2)3)42-31(22-8-12-24(36)13-9-22)35(4,38-34(42)45-30)23-10-14-25(37)15-11-23/h8-15,21,26-28,31H,7,16-20H2,1-6H3/t26-,27-,28+,31-,35+/m1/s1. The van der Waals surface area contributed by atoms with Gasteiger partial charge in [-0.1, -0.05) is 68.2 Å². The van der Waals surface area contributed by atoms with E-state index in [0.717, 1.165) is 54.3 Å². The number of fused-ring (bicyclic) bond motifs is 1. The lowest BCUT2D eigenvalue weighted by atomic mass is 9.81. The van der Waals surface area contributed by atoms with Crippen LogP contribution in [0.2, 0.25) is 10.0 Å². The molecule has 4 aliphatic rings. The molecule has 2 fully saturated rings. The van der Waals surface area contributed by atoms with Crippen molar-refractivity contribution >= 4 is 51.9 Å². The van der Waals surface area contributed by atoms with Crippen LogP contribution in [-0.4, -0.2) is 81.9 Å². The van der Waals surface area contributed by atoms with E-state index in [1.807, 2.05) is 53.2 Å². The first-order chi connectivity index (χ1) is 21.4. The minimum atomic E-state index is -0.634. The van der Waals surface area contributed by atoms with Gasteiger partial charge in [-0.25, -0.2) is 4.99 Å². The highest BCUT2D eigenvalue weighted by molar-refractivity contribution is 8.18. The molecule has 0 N–H and O–H groups in total. The number of aliphatic imine (C=N–C) groups is 1. The quantitative estimate of drug-likeness (QED) is 0.313. The van der Waals surface area contributed by atoms with Crippen molar-refractivity contribution in [1.29, 1.82) is 0 Å². The summed E-state index contributed by atoms with van der Waals surface area (Å²) in [6, 6.07) is 15.4. The molecule has 2 aromatic carbocycles. The largest absolute Gasteiger partial charge is 0.340 e. The van der Waals surface area contributed by atoms with Gasteiger partial charge in [-0.2, -0.15) is 0 Å². The van der Waals surface area contributed by atoms with E-state index in [2.05, 4.69) is 56.7 Å². The normalized spacial score (nSPS) is 28.3. The van der Waals surface area contributed by atoms with Crippen molar-refractivity contribution in [3.8, 4) is 0 Å². The van der Waals surface area contributed by atoms with Crippen LogP contribution in [0.15, 0.2) is 64.1 Å². The van der Waals surface area contributed by atoms with Crippen molar-refractivity contribution in [3.63, 3.8) is 0 Å². The summed E-state index contributed by atoms with van der Waals surface area (Å²) in [6.07, 6.45) is 3.30. The average Bonchev–Trinajstić information content (AvgIpc) is 3.78. The first-order valence-corrected chi connectivity index (χ1v) is 17.6. The van der Waals surface area contributed by atoms with Gasteiger partial charge in [0.25, 0.3) is 5.91 Å². The Hall–Kier alpha value is -2.52. The Morgan fingerprint density at radius 3 is 2.27 bits per heavy atom. The molecule has 45 heavy (non-hydrogen) atoms. The number of halogens is 2. The average molecular weight is 669 g/mol. The summed E-state index contributed by atoms with van der Waals surface area (Å²) in [5, 5.41) is 2.15. The Morgan fingerprint density at radius 2 is 1.69 bits per heavy atom. The van der Waals surface area contributed by atoms with Crippen molar-refractivity contribution in [1.82, 2.24) is 19.6 Å². The lowest BCUT2D eigenvalue weighted by Gasteiger charge is -2.37. The molecule has 4 aliphatic heterocycles. The SMILES string of the molecule is CC[C@@H]1CC[C@@H](C(=O)N(C)[C@@H]2CCN(C)C2)N1C(=O)C1=C(C(C)C)N2C(=N[C@@](C)(c3ccc(Cl)cc3)[C@H]2c2ccc(Cl)cc2)S1. The smallest absolute Gasteiger partial charge is 0.263 e. The third-order valence-electron chi connectivity index (χ3n) is 10.1. The van der Waals surface area contributed by atoms with Crippen LogP contribution in [0, 0.1) is 5.92 Å². The molecule has 0 unspecified atom stereocenters. The summed E-state index contributed by atoms with van der Waals surface area (Å²) in [4.78, 5) is 43.2. The van der Waals surface area contributed by atoms with Gasteiger partial charge in [0.05, 0.1) is 6.04 Å². The molecule has 5 atom stereocenters. The van der Waals surface area contributed by atoms with E-state index in [1.165, 1.54) is 11.8 Å². The number of amides is 2. The molecule has 4 heterocycles. The summed E-state index contributed by atoms with van der Waals surface area (Å²) in [5.41, 5.74) is 2.43. The Kier molecular flexibility index (Phi) is 9.07. The summed E-state index contributed by atoms with van der Waals surface area (Å²) in [6.45, 7) is 10.4. The van der Waals surface area contributed by atoms with Gasteiger partial charge >= 0.3 is 0 Å². The van der Waals surface area contributed by atoms with Crippen molar-refractivity contribution in [2.24, 2.45) is 10.9 Å². The predicted molar refractivity (Wildman–Crippen MR) is 184 cm³/mol. The number of carbonyl (C=O) groups is 2. The van der Waals surface area contributed by atoms with E-state index in [1.54, 1.807) is 0 Å². The van der Waals surface area contributed by atoms with Gasteiger partial charge in [0.1, 0.15) is 16.5 Å². The maximum atomic E-state index is 14.8. The molecule has 6 rings (SSSR count). The summed E-state index contributed by atoms with van der Waals surface area (Å²) >= 11 is 14.1. The van der Waals surface area contributed by atoms with E-state index in [-0.39, 0.29) is 35.9 Å². The van der Waals surface area contributed by atoms with Crippen molar-refractivity contribution in [2.75, 3.05) is 27.2 Å². The molecule has 2 aromatic rings. The topological polar surface area (TPSA) is 59.5 Å². The molecule has 0 radical (unpaired) electrons. The lowest BCUT2D eigenvalue weighted by molar-refractivity contribution is -0.143. The van der Waals surface area contributed by atoms with Crippen molar-refractivity contribution in [3.05, 3.63) is 80.3 Å². The second-order valence-electron chi connectivity index (χ2n) is 13.4. The van der Waals surface area contributed by atoms with Crippen LogP contribution in [0.1, 0.15) is 70.5 Å². The van der Waals surface area contributed by atoms with Crippen LogP contribution in [0.4, 0.5) is 0 Å². The van der Waals surface area contributed by atoms with Gasteiger partial charge in [-0.15, -0.1) is 0 Å². The first kappa shape index (κ1) is 32.4. The van der Waals surface area contributed by atoms with Gasteiger partial charge in [0, 0.05) is 41.4 Å². The Balaban J connectivity index is 1.39. The van der Waals surface area contributed by atoms with Crippen molar-refractivity contribution < 1.29 is 9.59 Å². The second kappa shape index (κ2) is 12.6. The van der Waals surface area contributed by atoms with Crippen molar-refractivity contribution in [2.45, 2.75) is 83.1 Å². The maximum absolute atomic E-state index is 14.8. The van der Waals surface area contributed by atoms with E-state index in [0.29, 0.717) is 21.4 Å². The fraction of sp³-hybridized carbons (Fsp3) is 0.514. The molecule has 0 spiro atoms. The molecule has 0 saturated carbocycles. The fourth-order valence-corrected chi connectivity index (χ4v) is 9.26. The monoisotopic (exact) mass is 667 g/mol. The van der Waals surface area contributed by atoms with Gasteiger partial charge < -0.3 is 19.6 Å². The number of nitrogens with zero attached hydrogens (tertiary/aromatic N) is 5. The number of hydrogen-bond donors (Lipinski definition) is 0. The molecule has 0 aromatic heterocycles. The zero-order chi connectivity index (χ0) is 32.2. The minimum Gasteiger partial charge on any atom is -0.340 e. The van der Waals surface area contributed by atoms with E-state index in [4.69, 9.17) is 28.2 Å². The van der Waals surface area contributed by atoms with Crippen LogP contribution in [0.5, 0.6) is 0 Å². The Bertz CT molecular complexity index is 1530. The van der Waals surface area contributed by atoms with Crippen LogP contribution >= 0.6 is 35.0 Å². The number of likely N-dealkylation sites (N-methyl/N-ethyl adjacent to an activating group) is 2. The fourth-order valence-electron chi connectivity index (χ4n) is 7.66. The zero-order valence-electron chi connectivity index (χ0n) is 27.0. The number of likely N-dealkylation sites (tertiary alicyclic amines) is 2. The molecular weight excluding hydrogens is 625 g/mol. The zero-order valence-corrected chi connectivity index (χ0v) is 29.3. The number of carbonyl (C=O) groups excluding carboxylic acids is 2. The molecule has 10 heteroatoms. The highest BCUT2D eigenvalue weighted by Gasteiger charge is 2.54. The number of amidine groups is 1. The van der Waals surface area contributed by atoms with Gasteiger partial charge in [0.15, 0.2) is 5.17 Å². The van der Waals surface area contributed by atoms with E-state index in [9.17, 15) is 9.59 Å². The van der Waals surface area contributed by atoms with E-state index >= 15 is 0 Å². The highest BCUT2D eigenvalue weighted by atomic mass is 35.5.